The number of hydrogen-bond acceptors (Lipinski definition) is 4. The summed E-state index contributed by atoms with van der Waals surface area (Å²) in [4.78, 5) is 24.0. The smallest absolute Gasteiger partial charge is 0.407 e. The number of rotatable bonds is 3. The average molecular weight is 362 g/mol. The van der Waals surface area contributed by atoms with Gasteiger partial charge in [0.25, 0.3) is 0 Å². The van der Waals surface area contributed by atoms with Gasteiger partial charge in [-0.2, -0.15) is 0 Å². The molecular weight excluding hydrogens is 340 g/mol. The molecule has 6 heteroatoms. The summed E-state index contributed by atoms with van der Waals surface area (Å²) >= 11 is 0. The first-order valence-corrected chi connectivity index (χ1v) is 9.14. The number of nitrogens with zero attached hydrogens (tertiary/aromatic N) is 4. The summed E-state index contributed by atoms with van der Waals surface area (Å²) in [6.07, 6.45) is 4.49. The van der Waals surface area contributed by atoms with Gasteiger partial charge in [0.05, 0.1) is 5.69 Å². The second-order valence-corrected chi connectivity index (χ2v) is 6.90. The molecule has 3 heterocycles. The zero-order valence-corrected chi connectivity index (χ0v) is 15.2. The van der Waals surface area contributed by atoms with Crippen LogP contribution in [0.1, 0.15) is 12.8 Å². The maximum Gasteiger partial charge on any atom is 0.407 e. The van der Waals surface area contributed by atoms with E-state index in [2.05, 4.69) is 22.0 Å². The van der Waals surface area contributed by atoms with Crippen molar-refractivity contribution >= 4 is 22.7 Å². The Morgan fingerprint density at radius 1 is 1.11 bits per heavy atom. The maximum atomic E-state index is 11.2. The number of pyridine rings is 2. The number of carboxylic acid groups (broad SMARTS) is 1. The predicted octanol–water partition coefficient (Wildman–Crippen LogP) is 3.88. The Hall–Kier alpha value is -3.15. The molecule has 1 amide bonds. The fourth-order valence-corrected chi connectivity index (χ4v) is 3.71. The van der Waals surface area contributed by atoms with Crippen LogP contribution in [0.3, 0.4) is 0 Å². The van der Waals surface area contributed by atoms with E-state index in [4.69, 9.17) is 10.1 Å². The lowest BCUT2D eigenvalue weighted by atomic mass is 10.0. The highest BCUT2D eigenvalue weighted by Crippen LogP contribution is 2.28. The van der Waals surface area contributed by atoms with E-state index in [0.717, 1.165) is 53.8 Å². The van der Waals surface area contributed by atoms with Crippen LogP contribution in [-0.4, -0.2) is 52.2 Å². The molecule has 138 valence electrons. The van der Waals surface area contributed by atoms with E-state index in [0.29, 0.717) is 0 Å². The topological polar surface area (TPSA) is 69.6 Å². The van der Waals surface area contributed by atoms with Gasteiger partial charge in [-0.15, -0.1) is 0 Å². The number of benzene rings is 1. The molecule has 0 radical (unpaired) electrons. The van der Waals surface area contributed by atoms with Crippen LogP contribution in [0.15, 0.2) is 54.9 Å². The van der Waals surface area contributed by atoms with E-state index in [1.54, 1.807) is 7.05 Å². The zero-order chi connectivity index (χ0) is 18.8. The Bertz CT molecular complexity index is 962. The summed E-state index contributed by atoms with van der Waals surface area (Å²) in [6.45, 7) is 1.60. The number of piperidine rings is 1. The van der Waals surface area contributed by atoms with Crippen LogP contribution in [0.4, 0.5) is 10.6 Å². The van der Waals surface area contributed by atoms with Crippen LogP contribution in [0, 0.1) is 0 Å². The van der Waals surface area contributed by atoms with Gasteiger partial charge in [-0.25, -0.2) is 9.78 Å². The van der Waals surface area contributed by atoms with Crippen LogP contribution in [-0.2, 0) is 0 Å². The van der Waals surface area contributed by atoms with Gasteiger partial charge in [-0.05, 0) is 30.4 Å². The molecule has 2 aromatic heterocycles. The van der Waals surface area contributed by atoms with Crippen molar-refractivity contribution in [2.24, 2.45) is 0 Å². The molecule has 0 bridgehead atoms. The van der Waals surface area contributed by atoms with Gasteiger partial charge in [-0.1, -0.05) is 30.3 Å². The molecule has 1 saturated heterocycles. The van der Waals surface area contributed by atoms with Gasteiger partial charge in [0.15, 0.2) is 0 Å². The highest BCUT2D eigenvalue weighted by molar-refractivity contribution is 5.94. The number of amides is 1. The number of carbonyl (C=O) groups is 1. The Labute approximate surface area is 158 Å². The van der Waals surface area contributed by atoms with E-state index >= 15 is 0 Å². The Balaban J connectivity index is 1.58. The highest BCUT2D eigenvalue weighted by atomic mass is 16.4. The molecule has 1 aliphatic rings. The Morgan fingerprint density at radius 2 is 1.89 bits per heavy atom. The minimum atomic E-state index is -0.864. The molecule has 4 rings (SSSR count). The lowest BCUT2D eigenvalue weighted by molar-refractivity contribution is 0.131. The van der Waals surface area contributed by atoms with Crippen LogP contribution >= 0.6 is 0 Å². The van der Waals surface area contributed by atoms with Crippen LogP contribution in [0.2, 0.25) is 0 Å². The predicted molar refractivity (Wildman–Crippen MR) is 106 cm³/mol. The lowest BCUT2D eigenvalue weighted by Gasteiger charge is -2.36. The van der Waals surface area contributed by atoms with E-state index in [9.17, 15) is 4.79 Å². The first-order valence-electron chi connectivity index (χ1n) is 9.14. The third kappa shape index (κ3) is 3.43. The highest BCUT2D eigenvalue weighted by Gasteiger charge is 2.25. The first kappa shape index (κ1) is 17.3. The fourth-order valence-electron chi connectivity index (χ4n) is 3.71. The van der Waals surface area contributed by atoms with Gasteiger partial charge >= 0.3 is 6.09 Å². The molecule has 3 aromatic rings. The van der Waals surface area contributed by atoms with Gasteiger partial charge in [0, 0.05) is 49.5 Å². The van der Waals surface area contributed by atoms with Crippen molar-refractivity contribution in [1.82, 2.24) is 14.9 Å². The molecule has 6 nitrogen and oxygen atoms in total. The molecule has 0 unspecified atom stereocenters. The summed E-state index contributed by atoms with van der Waals surface area (Å²) < 4.78 is 0. The fraction of sp³-hybridized carbons (Fsp3) is 0.286. The summed E-state index contributed by atoms with van der Waals surface area (Å²) in [5, 5.41) is 11.4. The van der Waals surface area contributed by atoms with E-state index in [-0.39, 0.29) is 6.04 Å². The molecule has 0 spiro atoms. The molecule has 1 N–H and O–H groups in total. The molecule has 0 saturated carbocycles. The van der Waals surface area contributed by atoms with Crippen molar-refractivity contribution in [3.05, 3.63) is 54.9 Å². The molecule has 0 aliphatic carbocycles. The van der Waals surface area contributed by atoms with Crippen LogP contribution in [0.5, 0.6) is 0 Å². The third-order valence-corrected chi connectivity index (χ3v) is 5.32. The van der Waals surface area contributed by atoms with Crippen molar-refractivity contribution in [3.63, 3.8) is 0 Å². The van der Waals surface area contributed by atoms with Crippen LogP contribution in [0.25, 0.3) is 22.0 Å². The Morgan fingerprint density at radius 3 is 2.67 bits per heavy atom. The number of anilines is 1. The van der Waals surface area contributed by atoms with Gasteiger partial charge in [0.1, 0.15) is 5.82 Å². The first-order chi connectivity index (χ1) is 13.1. The lowest BCUT2D eigenvalue weighted by Crippen LogP contribution is -2.45. The largest absolute Gasteiger partial charge is 0.465 e. The van der Waals surface area contributed by atoms with E-state index < -0.39 is 6.09 Å². The van der Waals surface area contributed by atoms with Crippen LogP contribution < -0.4 is 4.90 Å². The van der Waals surface area contributed by atoms with Gasteiger partial charge < -0.3 is 14.9 Å². The van der Waals surface area contributed by atoms with E-state index in [1.165, 1.54) is 4.90 Å². The molecule has 1 fully saturated rings. The summed E-state index contributed by atoms with van der Waals surface area (Å²) in [5.41, 5.74) is 1.93. The standard InChI is InChI=1S/C21H22N4O2/c1-24(21(26)27)16-9-11-25(12-10-16)20-8-4-7-19(23-20)18-14-22-13-15-5-2-3-6-17(15)18/h2-8,13-14,16H,9-12H2,1H3,(H,26,27). The van der Waals surface area contributed by atoms with Crippen molar-refractivity contribution in [2.45, 2.75) is 18.9 Å². The molecule has 0 atom stereocenters. The van der Waals surface area contributed by atoms with Crippen molar-refractivity contribution in [3.8, 4) is 11.3 Å². The monoisotopic (exact) mass is 362 g/mol. The van der Waals surface area contributed by atoms with Gasteiger partial charge in [0.2, 0.25) is 0 Å². The molecule has 27 heavy (non-hydrogen) atoms. The van der Waals surface area contributed by atoms with Crippen molar-refractivity contribution < 1.29 is 9.90 Å². The minimum absolute atomic E-state index is 0.0733. The van der Waals surface area contributed by atoms with Crippen molar-refractivity contribution in [1.29, 1.82) is 0 Å². The summed E-state index contributed by atoms with van der Waals surface area (Å²) in [6, 6.07) is 14.3. The molecule has 1 aliphatic heterocycles. The third-order valence-electron chi connectivity index (χ3n) is 5.32. The number of aromatic nitrogens is 2. The average Bonchev–Trinajstić information content (AvgIpc) is 2.73. The van der Waals surface area contributed by atoms with Gasteiger partial charge in [-0.3, -0.25) is 4.98 Å². The number of fused-ring (bicyclic) bond motifs is 1. The SMILES string of the molecule is CN(C(=O)O)C1CCN(c2cccc(-c3cncc4ccccc34)n2)CC1. The number of hydrogen-bond donors (Lipinski definition) is 1. The quantitative estimate of drug-likeness (QED) is 0.766. The second kappa shape index (κ2) is 7.23. The second-order valence-electron chi connectivity index (χ2n) is 6.90. The summed E-state index contributed by atoms with van der Waals surface area (Å²) in [5.74, 6) is 0.928. The van der Waals surface area contributed by atoms with Crippen molar-refractivity contribution in [2.75, 3.05) is 25.0 Å². The normalized spacial score (nSPS) is 15.1. The zero-order valence-electron chi connectivity index (χ0n) is 15.2. The molecule has 1 aromatic carbocycles. The maximum absolute atomic E-state index is 11.2. The molecular formula is C21H22N4O2. The Kier molecular flexibility index (Phi) is 4.62. The van der Waals surface area contributed by atoms with E-state index in [1.807, 2.05) is 42.7 Å². The summed E-state index contributed by atoms with van der Waals surface area (Å²) in [7, 11) is 1.65. The minimum Gasteiger partial charge on any atom is -0.465 e.